The summed E-state index contributed by atoms with van der Waals surface area (Å²) in [5.41, 5.74) is 0.166. The summed E-state index contributed by atoms with van der Waals surface area (Å²) in [7, 11) is 0. The van der Waals surface area contributed by atoms with E-state index >= 15 is 0 Å². The standard InChI is InChI=1S/C11H17NO2/c13-9-2-4-11-3-1-5-12(11)10(14)6-8(9)7-11/h8-9,13H,1-7H2/t8-,9+,11-/m0/s1. The highest BCUT2D eigenvalue weighted by atomic mass is 16.3. The number of hydrogen-bond acceptors (Lipinski definition) is 2. The van der Waals surface area contributed by atoms with Crippen LogP contribution in [0.5, 0.6) is 0 Å². The largest absolute Gasteiger partial charge is 0.393 e. The van der Waals surface area contributed by atoms with Gasteiger partial charge in [0.2, 0.25) is 5.91 Å². The van der Waals surface area contributed by atoms with Crippen LogP contribution < -0.4 is 0 Å². The van der Waals surface area contributed by atoms with Crippen molar-refractivity contribution in [3.8, 4) is 0 Å². The van der Waals surface area contributed by atoms with E-state index in [0.29, 0.717) is 6.42 Å². The van der Waals surface area contributed by atoms with Crippen molar-refractivity contribution in [3.63, 3.8) is 0 Å². The van der Waals surface area contributed by atoms with Crippen molar-refractivity contribution in [3.05, 3.63) is 0 Å². The van der Waals surface area contributed by atoms with Gasteiger partial charge in [0.25, 0.3) is 0 Å². The molecule has 14 heavy (non-hydrogen) atoms. The summed E-state index contributed by atoms with van der Waals surface area (Å²) in [6, 6.07) is 0. The maximum atomic E-state index is 11.8. The van der Waals surface area contributed by atoms with Gasteiger partial charge in [-0.1, -0.05) is 0 Å². The van der Waals surface area contributed by atoms with Gasteiger partial charge in [-0.25, -0.2) is 0 Å². The van der Waals surface area contributed by atoms with E-state index in [9.17, 15) is 9.90 Å². The van der Waals surface area contributed by atoms with Crippen LogP contribution in [-0.4, -0.2) is 34.1 Å². The smallest absolute Gasteiger partial charge is 0.223 e. The molecule has 1 aliphatic carbocycles. The van der Waals surface area contributed by atoms with Crippen LogP contribution in [-0.2, 0) is 4.79 Å². The lowest BCUT2D eigenvalue weighted by atomic mass is 9.69. The summed E-state index contributed by atoms with van der Waals surface area (Å²) in [5, 5.41) is 9.78. The molecule has 2 heterocycles. The van der Waals surface area contributed by atoms with Crippen LogP contribution in [0.25, 0.3) is 0 Å². The van der Waals surface area contributed by atoms with Crippen LogP contribution in [0.3, 0.4) is 0 Å². The van der Waals surface area contributed by atoms with Crippen LogP contribution in [0, 0.1) is 5.92 Å². The van der Waals surface area contributed by atoms with Crippen molar-refractivity contribution in [1.82, 2.24) is 4.90 Å². The van der Waals surface area contributed by atoms with Crippen LogP contribution in [0.4, 0.5) is 0 Å². The van der Waals surface area contributed by atoms with E-state index in [1.807, 2.05) is 0 Å². The zero-order valence-electron chi connectivity index (χ0n) is 8.41. The molecule has 3 heteroatoms. The Morgan fingerprint density at radius 3 is 3.14 bits per heavy atom. The van der Waals surface area contributed by atoms with Gasteiger partial charge in [-0.2, -0.15) is 0 Å². The second-order valence-corrected chi connectivity index (χ2v) is 5.15. The van der Waals surface area contributed by atoms with E-state index in [2.05, 4.69) is 4.90 Å². The summed E-state index contributed by atoms with van der Waals surface area (Å²) in [6.07, 6.45) is 5.68. The SMILES string of the molecule is O=C1C[C@H]2C[C@]3(CCCN13)CC[C@H]2O. The first-order chi connectivity index (χ1) is 6.71. The van der Waals surface area contributed by atoms with E-state index in [1.165, 1.54) is 6.42 Å². The number of nitrogens with zero attached hydrogens (tertiary/aromatic N) is 1. The van der Waals surface area contributed by atoms with E-state index in [0.717, 1.165) is 32.2 Å². The van der Waals surface area contributed by atoms with Gasteiger partial charge in [-0.05, 0) is 38.0 Å². The number of hydrogen-bond donors (Lipinski definition) is 1. The number of fused-ring (bicyclic) bond motifs is 1. The maximum absolute atomic E-state index is 11.8. The van der Waals surface area contributed by atoms with Gasteiger partial charge in [-0.3, -0.25) is 4.79 Å². The summed E-state index contributed by atoms with van der Waals surface area (Å²) >= 11 is 0. The lowest BCUT2D eigenvalue weighted by molar-refractivity contribution is -0.149. The monoisotopic (exact) mass is 195 g/mol. The number of amides is 1. The molecule has 3 fully saturated rings. The number of rotatable bonds is 0. The Balaban J connectivity index is 1.94. The zero-order chi connectivity index (χ0) is 9.76. The third kappa shape index (κ3) is 0.991. The van der Waals surface area contributed by atoms with Gasteiger partial charge in [0, 0.05) is 18.5 Å². The minimum absolute atomic E-state index is 0.166. The topological polar surface area (TPSA) is 40.5 Å². The molecular weight excluding hydrogens is 178 g/mol. The second kappa shape index (κ2) is 2.72. The Labute approximate surface area is 84.1 Å². The molecule has 2 saturated heterocycles. The highest BCUT2D eigenvalue weighted by Gasteiger charge is 2.52. The first-order valence-electron chi connectivity index (χ1n) is 5.70. The van der Waals surface area contributed by atoms with E-state index in [4.69, 9.17) is 0 Å². The average Bonchev–Trinajstić information content (AvgIpc) is 2.57. The summed E-state index contributed by atoms with van der Waals surface area (Å²) in [5.74, 6) is 0.545. The number of aliphatic hydroxyl groups is 1. The molecule has 0 aromatic heterocycles. The van der Waals surface area contributed by atoms with Gasteiger partial charge in [0.15, 0.2) is 0 Å². The van der Waals surface area contributed by atoms with Gasteiger partial charge in [-0.15, -0.1) is 0 Å². The predicted octanol–water partition coefficient (Wildman–Crippen LogP) is 0.912. The highest BCUT2D eigenvalue weighted by molar-refractivity contribution is 5.79. The maximum Gasteiger partial charge on any atom is 0.223 e. The van der Waals surface area contributed by atoms with Gasteiger partial charge < -0.3 is 10.0 Å². The first-order valence-corrected chi connectivity index (χ1v) is 5.70. The minimum atomic E-state index is -0.215. The van der Waals surface area contributed by atoms with Crippen LogP contribution >= 0.6 is 0 Å². The molecule has 0 unspecified atom stereocenters. The molecule has 2 aliphatic heterocycles. The van der Waals surface area contributed by atoms with E-state index in [1.54, 1.807) is 0 Å². The van der Waals surface area contributed by atoms with Crippen LogP contribution in [0.15, 0.2) is 0 Å². The fourth-order valence-electron chi connectivity index (χ4n) is 3.72. The van der Waals surface area contributed by atoms with Gasteiger partial charge in [0.1, 0.15) is 0 Å². The fourth-order valence-corrected chi connectivity index (χ4v) is 3.72. The third-order valence-electron chi connectivity index (χ3n) is 4.43. The highest BCUT2D eigenvalue weighted by Crippen LogP contribution is 2.48. The Bertz CT molecular complexity index is 278. The fraction of sp³-hybridized carbons (Fsp3) is 0.909. The van der Waals surface area contributed by atoms with E-state index < -0.39 is 0 Å². The number of aliphatic hydroxyl groups excluding tert-OH is 1. The zero-order valence-corrected chi connectivity index (χ0v) is 8.41. The van der Waals surface area contributed by atoms with Crippen molar-refractivity contribution < 1.29 is 9.90 Å². The number of carbonyl (C=O) groups is 1. The summed E-state index contributed by atoms with van der Waals surface area (Å²) < 4.78 is 0. The van der Waals surface area contributed by atoms with Crippen molar-refractivity contribution in [1.29, 1.82) is 0 Å². The summed E-state index contributed by atoms with van der Waals surface area (Å²) in [6.45, 7) is 0.960. The molecule has 3 nitrogen and oxygen atoms in total. The van der Waals surface area contributed by atoms with Crippen molar-refractivity contribution in [2.24, 2.45) is 5.92 Å². The molecule has 1 N–H and O–H groups in total. The van der Waals surface area contributed by atoms with Crippen molar-refractivity contribution in [2.45, 2.75) is 50.2 Å². The van der Waals surface area contributed by atoms with Gasteiger partial charge >= 0.3 is 0 Å². The number of carbonyl (C=O) groups excluding carboxylic acids is 1. The van der Waals surface area contributed by atoms with Crippen LogP contribution in [0.1, 0.15) is 38.5 Å². The summed E-state index contributed by atoms with van der Waals surface area (Å²) in [4.78, 5) is 14.0. The molecule has 2 bridgehead atoms. The first kappa shape index (κ1) is 8.72. The number of piperidine rings is 1. The normalized spacial score (nSPS) is 46.6. The lowest BCUT2D eigenvalue weighted by Gasteiger charge is -2.50. The molecule has 1 amide bonds. The van der Waals surface area contributed by atoms with Gasteiger partial charge in [0.05, 0.1) is 6.10 Å². The predicted molar refractivity (Wildman–Crippen MR) is 51.6 cm³/mol. The molecule has 3 aliphatic rings. The Kier molecular flexibility index (Phi) is 1.69. The van der Waals surface area contributed by atoms with Crippen molar-refractivity contribution in [2.75, 3.05) is 6.54 Å². The van der Waals surface area contributed by atoms with Crippen LogP contribution in [0.2, 0.25) is 0 Å². The molecule has 0 radical (unpaired) electrons. The molecule has 1 saturated carbocycles. The molecule has 0 aromatic rings. The van der Waals surface area contributed by atoms with Crippen molar-refractivity contribution >= 4 is 5.91 Å². The Hall–Kier alpha value is -0.570. The lowest BCUT2D eigenvalue weighted by Crippen LogP contribution is -2.57. The average molecular weight is 195 g/mol. The quantitative estimate of drug-likeness (QED) is 0.624. The molecule has 0 aromatic carbocycles. The molecule has 3 atom stereocenters. The molecular formula is C11H17NO2. The van der Waals surface area contributed by atoms with E-state index in [-0.39, 0.29) is 23.5 Å². The Morgan fingerprint density at radius 2 is 2.29 bits per heavy atom. The minimum Gasteiger partial charge on any atom is -0.393 e. The third-order valence-corrected chi connectivity index (χ3v) is 4.43. The molecule has 1 spiro atoms. The second-order valence-electron chi connectivity index (χ2n) is 5.15. The molecule has 78 valence electrons. The molecule has 3 rings (SSSR count). The Morgan fingerprint density at radius 1 is 1.43 bits per heavy atom.